The lowest BCUT2D eigenvalue weighted by Gasteiger charge is -2.14. The molecule has 96 valence electrons. The molecule has 0 bridgehead atoms. The summed E-state index contributed by atoms with van der Waals surface area (Å²) in [4.78, 5) is 12.6. The number of fused-ring (bicyclic) bond motifs is 1. The Morgan fingerprint density at radius 2 is 2.26 bits per heavy atom. The van der Waals surface area contributed by atoms with Gasteiger partial charge in [-0.2, -0.15) is 0 Å². The van der Waals surface area contributed by atoms with Crippen LogP contribution in [0.1, 0.15) is 12.5 Å². The van der Waals surface area contributed by atoms with E-state index in [-0.39, 0.29) is 6.04 Å². The second kappa shape index (κ2) is 5.06. The van der Waals surface area contributed by atoms with Crippen molar-refractivity contribution < 1.29 is 4.42 Å². The van der Waals surface area contributed by atoms with Crippen LogP contribution < -0.4 is 5.32 Å². The monoisotopic (exact) mass is 254 g/mol. The minimum Gasteiger partial charge on any atom is -0.472 e. The third-order valence-corrected chi connectivity index (χ3v) is 2.94. The van der Waals surface area contributed by atoms with Crippen LogP contribution in [0, 0.1) is 0 Å². The van der Waals surface area contributed by atoms with Crippen molar-refractivity contribution in [1.29, 1.82) is 0 Å². The highest BCUT2D eigenvalue weighted by Gasteiger charge is 2.08. The molecule has 0 aromatic carbocycles. The SMILES string of the molecule is CC(Cc1ccoc1)Nc1ncnc2cnccc12. The van der Waals surface area contributed by atoms with Gasteiger partial charge in [0.15, 0.2) is 0 Å². The van der Waals surface area contributed by atoms with Crippen LogP contribution in [-0.4, -0.2) is 21.0 Å². The molecule has 0 saturated heterocycles. The summed E-state index contributed by atoms with van der Waals surface area (Å²) in [6.45, 7) is 2.11. The molecule has 19 heavy (non-hydrogen) atoms. The summed E-state index contributed by atoms with van der Waals surface area (Å²) in [6, 6.07) is 4.14. The molecule has 1 atom stereocenters. The van der Waals surface area contributed by atoms with Crippen molar-refractivity contribution in [2.45, 2.75) is 19.4 Å². The molecule has 3 rings (SSSR count). The van der Waals surface area contributed by atoms with E-state index in [0.29, 0.717) is 0 Å². The molecule has 0 fully saturated rings. The highest BCUT2D eigenvalue weighted by atomic mass is 16.3. The summed E-state index contributed by atoms with van der Waals surface area (Å²) >= 11 is 0. The fourth-order valence-electron chi connectivity index (χ4n) is 2.07. The smallest absolute Gasteiger partial charge is 0.137 e. The molecule has 5 nitrogen and oxygen atoms in total. The average molecular weight is 254 g/mol. The molecule has 3 heterocycles. The van der Waals surface area contributed by atoms with Crippen LogP contribution in [0.5, 0.6) is 0 Å². The van der Waals surface area contributed by atoms with E-state index in [4.69, 9.17) is 4.42 Å². The van der Waals surface area contributed by atoms with Crippen molar-refractivity contribution >= 4 is 16.7 Å². The molecule has 3 aromatic rings. The van der Waals surface area contributed by atoms with Crippen molar-refractivity contribution in [1.82, 2.24) is 15.0 Å². The quantitative estimate of drug-likeness (QED) is 0.775. The molecule has 0 amide bonds. The van der Waals surface area contributed by atoms with E-state index in [9.17, 15) is 0 Å². The Morgan fingerprint density at radius 3 is 3.11 bits per heavy atom. The van der Waals surface area contributed by atoms with Gasteiger partial charge in [0, 0.05) is 17.6 Å². The molecule has 0 aliphatic rings. The second-order valence-electron chi connectivity index (χ2n) is 4.50. The van der Waals surface area contributed by atoms with Gasteiger partial charge in [-0.25, -0.2) is 9.97 Å². The van der Waals surface area contributed by atoms with E-state index in [1.165, 1.54) is 5.56 Å². The summed E-state index contributed by atoms with van der Waals surface area (Å²) in [5, 5.41) is 4.39. The topological polar surface area (TPSA) is 63.8 Å². The average Bonchev–Trinajstić information content (AvgIpc) is 2.92. The predicted molar refractivity (Wildman–Crippen MR) is 72.8 cm³/mol. The molecular weight excluding hydrogens is 240 g/mol. The maximum atomic E-state index is 5.07. The lowest BCUT2D eigenvalue weighted by Crippen LogP contribution is -2.18. The number of pyridine rings is 1. The van der Waals surface area contributed by atoms with E-state index in [2.05, 4.69) is 27.2 Å². The molecule has 0 saturated carbocycles. The van der Waals surface area contributed by atoms with Gasteiger partial charge in [0.1, 0.15) is 12.1 Å². The lowest BCUT2D eigenvalue weighted by atomic mass is 10.1. The Morgan fingerprint density at radius 1 is 1.32 bits per heavy atom. The molecule has 0 radical (unpaired) electrons. The first-order chi connectivity index (χ1) is 9.33. The Hall–Kier alpha value is -2.43. The van der Waals surface area contributed by atoms with Crippen molar-refractivity contribution in [3.63, 3.8) is 0 Å². The fourth-order valence-corrected chi connectivity index (χ4v) is 2.07. The number of rotatable bonds is 4. The van der Waals surface area contributed by atoms with Gasteiger partial charge in [0.25, 0.3) is 0 Å². The Labute approximate surface area is 110 Å². The van der Waals surface area contributed by atoms with E-state index in [1.54, 1.807) is 31.2 Å². The van der Waals surface area contributed by atoms with Crippen LogP contribution >= 0.6 is 0 Å². The van der Waals surface area contributed by atoms with E-state index in [1.807, 2.05) is 12.1 Å². The standard InChI is InChI=1S/C14H14N4O/c1-10(6-11-3-5-19-8-11)18-14-12-2-4-15-7-13(12)16-9-17-14/h2-5,7-10H,6H2,1H3,(H,16,17,18). The summed E-state index contributed by atoms with van der Waals surface area (Å²) in [6.07, 6.45) is 9.37. The van der Waals surface area contributed by atoms with Gasteiger partial charge in [0.05, 0.1) is 24.2 Å². The molecule has 1 unspecified atom stereocenters. The van der Waals surface area contributed by atoms with Gasteiger partial charge in [-0.05, 0) is 31.0 Å². The molecular formula is C14H14N4O. The first kappa shape index (κ1) is 11.6. The summed E-state index contributed by atoms with van der Waals surface area (Å²) < 4.78 is 5.07. The van der Waals surface area contributed by atoms with Crippen LogP contribution in [0.4, 0.5) is 5.82 Å². The second-order valence-corrected chi connectivity index (χ2v) is 4.50. The van der Waals surface area contributed by atoms with E-state index in [0.717, 1.165) is 23.1 Å². The summed E-state index contributed by atoms with van der Waals surface area (Å²) in [7, 11) is 0. The molecule has 3 aromatic heterocycles. The van der Waals surface area contributed by atoms with Crippen LogP contribution in [0.25, 0.3) is 10.9 Å². The molecule has 0 aliphatic heterocycles. The van der Waals surface area contributed by atoms with Crippen molar-refractivity contribution in [3.05, 3.63) is 48.9 Å². The summed E-state index contributed by atoms with van der Waals surface area (Å²) in [5.74, 6) is 0.836. The number of hydrogen-bond acceptors (Lipinski definition) is 5. The van der Waals surface area contributed by atoms with Gasteiger partial charge >= 0.3 is 0 Å². The molecule has 0 aliphatic carbocycles. The molecule has 1 N–H and O–H groups in total. The van der Waals surface area contributed by atoms with E-state index >= 15 is 0 Å². The zero-order valence-electron chi connectivity index (χ0n) is 10.6. The highest BCUT2D eigenvalue weighted by molar-refractivity contribution is 5.87. The lowest BCUT2D eigenvalue weighted by molar-refractivity contribution is 0.562. The minimum absolute atomic E-state index is 0.254. The number of hydrogen-bond donors (Lipinski definition) is 1. The fraction of sp³-hybridized carbons (Fsp3) is 0.214. The number of furan rings is 1. The maximum absolute atomic E-state index is 5.07. The normalized spacial score (nSPS) is 12.5. The molecule has 5 heteroatoms. The number of anilines is 1. The van der Waals surface area contributed by atoms with Crippen molar-refractivity contribution in [3.8, 4) is 0 Å². The number of nitrogens with one attached hydrogen (secondary N) is 1. The first-order valence-electron chi connectivity index (χ1n) is 6.15. The Balaban J connectivity index is 1.81. The van der Waals surface area contributed by atoms with Crippen molar-refractivity contribution in [2.24, 2.45) is 0 Å². The van der Waals surface area contributed by atoms with Crippen LogP contribution in [0.2, 0.25) is 0 Å². The third-order valence-electron chi connectivity index (χ3n) is 2.94. The molecule has 0 spiro atoms. The van der Waals surface area contributed by atoms with Gasteiger partial charge < -0.3 is 9.73 Å². The zero-order valence-corrected chi connectivity index (χ0v) is 10.6. The van der Waals surface area contributed by atoms with Crippen molar-refractivity contribution in [2.75, 3.05) is 5.32 Å². The van der Waals surface area contributed by atoms with Gasteiger partial charge in [-0.15, -0.1) is 0 Å². The highest BCUT2D eigenvalue weighted by Crippen LogP contribution is 2.19. The van der Waals surface area contributed by atoms with Gasteiger partial charge in [-0.3, -0.25) is 4.98 Å². The van der Waals surface area contributed by atoms with Crippen LogP contribution in [0.3, 0.4) is 0 Å². The summed E-state index contributed by atoms with van der Waals surface area (Å²) in [5.41, 5.74) is 2.01. The van der Waals surface area contributed by atoms with Gasteiger partial charge in [-0.1, -0.05) is 0 Å². The van der Waals surface area contributed by atoms with Gasteiger partial charge in [0.2, 0.25) is 0 Å². The largest absolute Gasteiger partial charge is 0.472 e. The Bertz CT molecular complexity index is 661. The number of nitrogens with zero attached hydrogens (tertiary/aromatic N) is 3. The predicted octanol–water partition coefficient (Wildman–Crippen LogP) is 2.66. The maximum Gasteiger partial charge on any atom is 0.137 e. The van der Waals surface area contributed by atoms with Crippen LogP contribution in [-0.2, 0) is 6.42 Å². The van der Waals surface area contributed by atoms with E-state index < -0.39 is 0 Å². The minimum atomic E-state index is 0.254. The third kappa shape index (κ3) is 2.54. The first-order valence-corrected chi connectivity index (χ1v) is 6.15. The zero-order chi connectivity index (χ0) is 13.1. The van der Waals surface area contributed by atoms with Crippen LogP contribution in [0.15, 0.2) is 47.8 Å². The number of aromatic nitrogens is 3. The Kier molecular flexibility index (Phi) is 3.10.